The number of H-pyrrole nitrogens is 1. The molecular formula is C41H32IrN6+. The minimum atomic E-state index is 0. The van der Waals surface area contributed by atoms with Gasteiger partial charge in [0.2, 0.25) is 6.33 Å². The van der Waals surface area contributed by atoms with Crippen molar-refractivity contribution in [3.05, 3.63) is 145 Å². The van der Waals surface area contributed by atoms with Crippen LogP contribution in [0.25, 0.3) is 66.4 Å². The van der Waals surface area contributed by atoms with Crippen LogP contribution >= 0.6 is 0 Å². The maximum absolute atomic E-state index is 5.09. The molecular weight excluding hydrogens is 769 g/mol. The van der Waals surface area contributed by atoms with Crippen LogP contribution in [0.5, 0.6) is 0 Å². The van der Waals surface area contributed by atoms with Crippen molar-refractivity contribution in [2.75, 3.05) is 11.9 Å². The number of fused-ring (bicyclic) bond motifs is 13. The molecule has 10 rings (SSSR count). The first kappa shape index (κ1) is 30.1. The first-order valence-electron chi connectivity index (χ1n) is 15.8. The van der Waals surface area contributed by atoms with Gasteiger partial charge in [0.15, 0.2) is 11.0 Å². The second kappa shape index (κ2) is 11.5. The summed E-state index contributed by atoms with van der Waals surface area (Å²) in [6.45, 7) is 6.40. The first-order chi connectivity index (χ1) is 23.0. The Morgan fingerprint density at radius 1 is 0.833 bits per heavy atom. The van der Waals surface area contributed by atoms with E-state index in [-0.39, 0.29) is 20.1 Å². The minimum absolute atomic E-state index is 0. The van der Waals surface area contributed by atoms with Gasteiger partial charge in [0.05, 0.1) is 18.4 Å². The van der Waals surface area contributed by atoms with Crippen LogP contribution in [0.3, 0.4) is 0 Å². The van der Waals surface area contributed by atoms with Gasteiger partial charge in [0.1, 0.15) is 0 Å². The van der Waals surface area contributed by atoms with Gasteiger partial charge in [-0.3, -0.25) is 4.98 Å². The second-order valence-electron chi connectivity index (χ2n) is 12.5. The van der Waals surface area contributed by atoms with Crippen LogP contribution in [0.4, 0.5) is 5.69 Å². The van der Waals surface area contributed by atoms with E-state index < -0.39 is 0 Å². The number of hydrogen-bond acceptors (Lipinski definition) is 3. The van der Waals surface area contributed by atoms with E-state index in [1.807, 2.05) is 30.6 Å². The Morgan fingerprint density at radius 2 is 1.58 bits per heavy atom. The molecule has 48 heavy (non-hydrogen) atoms. The normalized spacial score (nSPS) is 13.2. The quantitative estimate of drug-likeness (QED) is 0.103. The molecule has 0 saturated carbocycles. The van der Waals surface area contributed by atoms with E-state index in [2.05, 4.69) is 150 Å². The summed E-state index contributed by atoms with van der Waals surface area (Å²) in [5.41, 5.74) is 15.3. The van der Waals surface area contributed by atoms with Gasteiger partial charge in [0, 0.05) is 29.0 Å². The van der Waals surface area contributed by atoms with Gasteiger partial charge in [-0.2, -0.15) is 30.9 Å². The van der Waals surface area contributed by atoms with Crippen LogP contribution in [0.1, 0.15) is 16.7 Å². The van der Waals surface area contributed by atoms with Crippen molar-refractivity contribution >= 4 is 49.7 Å². The molecule has 8 aromatic rings. The van der Waals surface area contributed by atoms with Crippen molar-refractivity contribution in [1.82, 2.24) is 19.3 Å². The minimum Gasteiger partial charge on any atom is -0.510 e. The number of para-hydroxylation sites is 1. The summed E-state index contributed by atoms with van der Waals surface area (Å²) in [5.74, 6) is 0. The number of nitrogens with zero attached hydrogens (tertiary/aromatic N) is 5. The molecule has 1 N–H and O–H groups in total. The third kappa shape index (κ3) is 4.57. The fraction of sp³-hybridized carbons (Fsp3) is 0.0976. The number of rotatable bonds is 1. The maximum Gasteiger partial charge on any atom is 3.00 e. The molecule has 234 valence electrons. The Morgan fingerprint density at radius 3 is 2.42 bits per heavy atom. The summed E-state index contributed by atoms with van der Waals surface area (Å²) >= 11 is 0. The third-order valence-corrected chi connectivity index (χ3v) is 9.43. The number of anilines is 1. The Bertz CT molecular complexity index is 2550. The largest absolute Gasteiger partial charge is 3.00 e. The standard InChI is InChI=1S/C25H19N4.C16H12N2.Ir/c1-15-7-6-8-16(2)24(15)21-13-29-22-12-23-20(26-14-28(23)3)11-19(22)17-9-4-5-10-18(17)25(29)27-21;1-17-10-16-14-8-3-2-6-12(14)13-7-4-5-9-15(13)18(16)11-17;/h4-9,11-14H,1-3H3;2-8,10-11H,1H3;/q-1;-2;+3/p+1. The molecule has 2 aliphatic heterocycles. The second-order valence-corrected chi connectivity index (χ2v) is 12.5. The Kier molecular flexibility index (Phi) is 7.20. The average molecular weight is 801 g/mol. The van der Waals surface area contributed by atoms with Crippen molar-refractivity contribution in [3.8, 4) is 22.4 Å². The zero-order valence-electron chi connectivity index (χ0n) is 27.0. The summed E-state index contributed by atoms with van der Waals surface area (Å²) in [6, 6.07) is 38.6. The first-order valence-corrected chi connectivity index (χ1v) is 15.8. The molecule has 7 heteroatoms. The number of aryl methyl sites for hydroxylation is 3. The van der Waals surface area contributed by atoms with Gasteiger partial charge in [-0.15, -0.1) is 35.2 Å². The monoisotopic (exact) mass is 801 g/mol. The van der Waals surface area contributed by atoms with E-state index in [1.54, 1.807) is 0 Å². The molecule has 0 fully saturated rings. The van der Waals surface area contributed by atoms with E-state index in [4.69, 9.17) is 4.98 Å². The van der Waals surface area contributed by atoms with E-state index in [9.17, 15) is 0 Å². The number of hydrogen-bond donors (Lipinski definition) is 1. The SMILES string of the molecule is CN1C=C2c3ccccc3-c3ccc[c-]c3N2[CH-]1.Cc1cccc(C)c1-c1cn2c3cc4c(cc3c3ccc[c-]c3c2n1)[nH]c[n+]4C.[Ir+3]. The molecule has 2 aliphatic rings. The van der Waals surface area contributed by atoms with Gasteiger partial charge in [0.25, 0.3) is 0 Å². The van der Waals surface area contributed by atoms with Crippen molar-refractivity contribution in [2.24, 2.45) is 7.05 Å². The van der Waals surface area contributed by atoms with E-state index in [0.717, 1.165) is 33.4 Å². The van der Waals surface area contributed by atoms with Gasteiger partial charge in [-0.05, 0) is 55.2 Å². The zero-order valence-corrected chi connectivity index (χ0v) is 29.4. The predicted molar refractivity (Wildman–Crippen MR) is 190 cm³/mol. The third-order valence-electron chi connectivity index (χ3n) is 9.43. The topological polar surface area (TPSA) is 43.5 Å². The van der Waals surface area contributed by atoms with Crippen LogP contribution in [0, 0.1) is 32.6 Å². The average Bonchev–Trinajstić information content (AvgIpc) is 3.81. The molecule has 0 amide bonds. The predicted octanol–water partition coefficient (Wildman–Crippen LogP) is 8.36. The molecule has 0 unspecified atom stereocenters. The fourth-order valence-corrected chi connectivity index (χ4v) is 7.26. The van der Waals surface area contributed by atoms with Gasteiger partial charge >= 0.3 is 20.1 Å². The number of pyridine rings is 1. The van der Waals surface area contributed by atoms with Crippen molar-refractivity contribution in [2.45, 2.75) is 13.8 Å². The zero-order chi connectivity index (χ0) is 31.8. The molecule has 5 aromatic carbocycles. The van der Waals surface area contributed by atoms with Crippen LogP contribution < -0.4 is 9.47 Å². The van der Waals surface area contributed by atoms with Crippen molar-refractivity contribution in [3.63, 3.8) is 0 Å². The fourth-order valence-electron chi connectivity index (χ4n) is 7.26. The maximum atomic E-state index is 5.09. The van der Waals surface area contributed by atoms with Crippen LogP contribution in [0.2, 0.25) is 0 Å². The van der Waals surface area contributed by atoms with Crippen molar-refractivity contribution in [1.29, 1.82) is 0 Å². The molecule has 5 heterocycles. The Hall–Kier alpha value is -5.23. The summed E-state index contributed by atoms with van der Waals surface area (Å²) in [4.78, 5) is 12.7. The molecule has 0 atom stereocenters. The van der Waals surface area contributed by atoms with Gasteiger partial charge in [-0.25, -0.2) is 9.55 Å². The summed E-state index contributed by atoms with van der Waals surface area (Å²) in [6.07, 6.45) is 6.32. The van der Waals surface area contributed by atoms with E-state index in [1.165, 1.54) is 55.4 Å². The summed E-state index contributed by atoms with van der Waals surface area (Å²) in [5, 5.41) is 3.42. The number of aromatic amines is 1. The summed E-state index contributed by atoms with van der Waals surface area (Å²) < 4.78 is 4.34. The molecule has 0 bridgehead atoms. The van der Waals surface area contributed by atoms with Crippen molar-refractivity contribution < 1.29 is 24.7 Å². The van der Waals surface area contributed by atoms with E-state index >= 15 is 0 Å². The van der Waals surface area contributed by atoms with Gasteiger partial charge < -0.3 is 14.2 Å². The summed E-state index contributed by atoms with van der Waals surface area (Å²) in [7, 11) is 4.11. The van der Waals surface area contributed by atoms with Gasteiger partial charge in [-0.1, -0.05) is 59.1 Å². The smallest absolute Gasteiger partial charge is 0.510 e. The number of nitrogens with one attached hydrogen (secondary N) is 1. The number of benzene rings is 5. The Balaban J connectivity index is 0.000000152. The number of aromatic nitrogens is 4. The van der Waals surface area contributed by atoms with Crippen LogP contribution in [-0.2, 0) is 27.2 Å². The molecule has 3 aromatic heterocycles. The molecule has 0 aliphatic carbocycles. The molecule has 0 saturated heterocycles. The van der Waals surface area contributed by atoms with Crippen LogP contribution in [-0.4, -0.2) is 26.3 Å². The number of imidazole rings is 2. The van der Waals surface area contributed by atoms with Crippen LogP contribution in [0.15, 0.2) is 110 Å². The molecule has 6 nitrogen and oxygen atoms in total. The Labute approximate surface area is 292 Å². The molecule has 0 spiro atoms. The van der Waals surface area contributed by atoms with E-state index in [0.29, 0.717) is 0 Å². The molecule has 0 radical (unpaired) electrons.